The molecule has 2 amide bonds. The number of carbonyl (C=O) groups excluding carboxylic acids is 2. The molecule has 0 aromatic carbocycles. The molecule has 2 rings (SSSR count). The Morgan fingerprint density at radius 1 is 1.39 bits per heavy atom. The van der Waals surface area contributed by atoms with Crippen LogP contribution < -0.4 is 5.32 Å². The average Bonchev–Trinajstić information content (AvgIpc) is 3.15. The van der Waals surface area contributed by atoms with Crippen molar-refractivity contribution >= 4 is 23.3 Å². The van der Waals surface area contributed by atoms with Gasteiger partial charge >= 0.3 is 6.09 Å². The van der Waals surface area contributed by atoms with Gasteiger partial charge < -0.3 is 15.0 Å². The van der Waals surface area contributed by atoms with Gasteiger partial charge in [0.25, 0.3) is 0 Å². The molecule has 0 unspecified atom stereocenters. The Balaban J connectivity index is 1.69. The lowest BCUT2D eigenvalue weighted by molar-refractivity contribution is -0.132. The molecule has 0 aliphatic heterocycles. The number of nitrogens with one attached hydrogen (secondary N) is 1. The lowest BCUT2D eigenvalue weighted by Gasteiger charge is -2.22. The maximum absolute atomic E-state index is 12.4. The second-order valence-corrected chi connectivity index (χ2v) is 7.90. The summed E-state index contributed by atoms with van der Waals surface area (Å²) < 4.78 is 5.17. The number of amides is 2. The molecule has 0 spiro atoms. The molecule has 0 saturated heterocycles. The maximum Gasteiger partial charge on any atom is 0.407 e. The summed E-state index contributed by atoms with van der Waals surface area (Å²) in [6.45, 7) is 6.65. The second-order valence-electron chi connectivity index (χ2n) is 6.86. The molecule has 1 aromatic heterocycles. The lowest BCUT2D eigenvalue weighted by atomic mass is 10.2. The van der Waals surface area contributed by atoms with E-state index in [1.165, 1.54) is 4.88 Å². The quantitative estimate of drug-likeness (QED) is 0.774. The molecule has 1 N–H and O–H groups in total. The van der Waals surface area contributed by atoms with E-state index in [-0.39, 0.29) is 5.91 Å². The third kappa shape index (κ3) is 6.60. The third-order valence-electron chi connectivity index (χ3n) is 3.45. The summed E-state index contributed by atoms with van der Waals surface area (Å²) in [5.74, 6) is 0.173. The third-order valence-corrected chi connectivity index (χ3v) is 4.31. The monoisotopic (exact) mass is 338 g/mol. The molecule has 0 atom stereocenters. The van der Waals surface area contributed by atoms with Crippen molar-refractivity contribution in [3.63, 3.8) is 0 Å². The van der Waals surface area contributed by atoms with Crippen LogP contribution in [0.25, 0.3) is 0 Å². The van der Waals surface area contributed by atoms with Crippen LogP contribution in [0.15, 0.2) is 17.5 Å². The Kier molecular flexibility index (Phi) is 6.04. The summed E-state index contributed by atoms with van der Waals surface area (Å²) in [6.07, 6.45) is 2.87. The molecule has 5 nitrogen and oxygen atoms in total. The molecule has 1 aromatic rings. The predicted octanol–water partition coefficient (Wildman–Crippen LogP) is 3.54. The van der Waals surface area contributed by atoms with Crippen molar-refractivity contribution in [3.8, 4) is 0 Å². The summed E-state index contributed by atoms with van der Waals surface area (Å²) in [4.78, 5) is 27.2. The average molecular weight is 338 g/mol. The molecule has 1 aliphatic carbocycles. The molecule has 0 bridgehead atoms. The minimum Gasteiger partial charge on any atom is -0.444 e. The van der Waals surface area contributed by atoms with Gasteiger partial charge in [-0.1, -0.05) is 6.07 Å². The zero-order valence-corrected chi connectivity index (χ0v) is 14.9. The molecule has 128 valence electrons. The Morgan fingerprint density at radius 2 is 2.13 bits per heavy atom. The lowest BCUT2D eigenvalue weighted by Crippen LogP contribution is -2.35. The van der Waals surface area contributed by atoms with Gasteiger partial charge in [-0.25, -0.2) is 4.79 Å². The van der Waals surface area contributed by atoms with Crippen LogP contribution in [0.2, 0.25) is 0 Å². The van der Waals surface area contributed by atoms with Crippen LogP contribution in [0.3, 0.4) is 0 Å². The van der Waals surface area contributed by atoms with E-state index in [4.69, 9.17) is 4.74 Å². The van der Waals surface area contributed by atoms with E-state index in [0.29, 0.717) is 32.0 Å². The highest BCUT2D eigenvalue weighted by Crippen LogP contribution is 2.29. The van der Waals surface area contributed by atoms with Gasteiger partial charge in [-0.05, 0) is 51.5 Å². The fourth-order valence-corrected chi connectivity index (χ4v) is 2.97. The first-order valence-electron chi connectivity index (χ1n) is 8.14. The zero-order chi connectivity index (χ0) is 16.9. The summed E-state index contributed by atoms with van der Waals surface area (Å²) >= 11 is 1.68. The number of thiophene rings is 1. The van der Waals surface area contributed by atoms with Crippen LogP contribution in [0, 0.1) is 0 Å². The highest BCUT2D eigenvalue weighted by atomic mass is 32.1. The second kappa shape index (κ2) is 7.81. The number of ether oxygens (including phenoxy) is 1. The van der Waals surface area contributed by atoms with E-state index < -0.39 is 11.7 Å². The van der Waals surface area contributed by atoms with Crippen molar-refractivity contribution in [1.29, 1.82) is 0 Å². The van der Waals surface area contributed by atoms with Gasteiger partial charge in [0.05, 0.1) is 6.54 Å². The Labute approximate surface area is 142 Å². The van der Waals surface area contributed by atoms with Gasteiger partial charge in [-0.2, -0.15) is 0 Å². The number of alkyl carbamates (subject to hydrolysis) is 1. The molecular weight excluding hydrogens is 312 g/mol. The normalized spacial score (nSPS) is 14.4. The van der Waals surface area contributed by atoms with E-state index >= 15 is 0 Å². The zero-order valence-electron chi connectivity index (χ0n) is 14.1. The smallest absolute Gasteiger partial charge is 0.407 e. The van der Waals surface area contributed by atoms with E-state index in [0.717, 1.165) is 12.8 Å². The number of carbonyl (C=O) groups is 2. The maximum atomic E-state index is 12.4. The van der Waals surface area contributed by atoms with Crippen LogP contribution in [0.1, 0.15) is 51.3 Å². The number of nitrogens with zero attached hydrogens (tertiary/aromatic N) is 1. The highest BCUT2D eigenvalue weighted by Gasteiger charge is 2.32. The van der Waals surface area contributed by atoms with E-state index in [1.54, 1.807) is 11.3 Å². The Hall–Kier alpha value is -1.56. The first-order chi connectivity index (χ1) is 10.8. The minimum atomic E-state index is -0.497. The van der Waals surface area contributed by atoms with Crippen molar-refractivity contribution < 1.29 is 14.3 Å². The molecular formula is C17H26N2O3S. The number of rotatable bonds is 7. The summed E-state index contributed by atoms with van der Waals surface area (Å²) in [6, 6.07) is 4.49. The topological polar surface area (TPSA) is 58.6 Å². The van der Waals surface area contributed by atoms with Gasteiger partial charge in [0.2, 0.25) is 5.91 Å². The molecule has 1 aliphatic rings. The first kappa shape index (κ1) is 17.8. The summed E-state index contributed by atoms with van der Waals surface area (Å²) in [5.41, 5.74) is -0.497. The Bertz CT molecular complexity index is 518. The van der Waals surface area contributed by atoms with Gasteiger partial charge in [-0.3, -0.25) is 4.79 Å². The molecule has 23 heavy (non-hydrogen) atoms. The fourth-order valence-electron chi connectivity index (χ4n) is 2.27. The van der Waals surface area contributed by atoms with E-state index in [1.807, 2.05) is 37.1 Å². The molecule has 0 radical (unpaired) electrons. The van der Waals surface area contributed by atoms with Crippen LogP contribution in [0.5, 0.6) is 0 Å². The molecule has 6 heteroatoms. The van der Waals surface area contributed by atoms with Crippen molar-refractivity contribution in [2.45, 2.75) is 64.6 Å². The van der Waals surface area contributed by atoms with Gasteiger partial charge in [-0.15, -0.1) is 11.3 Å². The molecule has 1 saturated carbocycles. The molecule has 1 fully saturated rings. The van der Waals surface area contributed by atoms with E-state index in [9.17, 15) is 9.59 Å². The largest absolute Gasteiger partial charge is 0.444 e. The van der Waals surface area contributed by atoms with Crippen LogP contribution >= 0.6 is 11.3 Å². The fraction of sp³-hybridized carbons (Fsp3) is 0.647. The predicted molar refractivity (Wildman–Crippen MR) is 91.4 cm³/mol. The Morgan fingerprint density at radius 3 is 2.70 bits per heavy atom. The van der Waals surface area contributed by atoms with Gasteiger partial charge in [0.1, 0.15) is 5.60 Å². The van der Waals surface area contributed by atoms with Crippen molar-refractivity contribution in [2.75, 3.05) is 6.54 Å². The SMILES string of the molecule is CC(C)(C)OC(=O)NCCCC(=O)N(Cc1cccs1)C1CC1. The van der Waals surface area contributed by atoms with Crippen LogP contribution in [-0.4, -0.2) is 35.1 Å². The van der Waals surface area contributed by atoms with Crippen LogP contribution in [0.4, 0.5) is 4.79 Å². The highest BCUT2D eigenvalue weighted by molar-refractivity contribution is 7.09. The minimum absolute atomic E-state index is 0.173. The van der Waals surface area contributed by atoms with E-state index in [2.05, 4.69) is 11.4 Å². The van der Waals surface area contributed by atoms with Gasteiger partial charge in [0.15, 0.2) is 0 Å². The van der Waals surface area contributed by atoms with Crippen molar-refractivity contribution in [3.05, 3.63) is 22.4 Å². The van der Waals surface area contributed by atoms with Crippen LogP contribution in [-0.2, 0) is 16.1 Å². The van der Waals surface area contributed by atoms with Crippen molar-refractivity contribution in [1.82, 2.24) is 10.2 Å². The number of hydrogen-bond donors (Lipinski definition) is 1. The summed E-state index contributed by atoms with van der Waals surface area (Å²) in [7, 11) is 0. The van der Waals surface area contributed by atoms with Gasteiger partial charge in [0, 0.05) is 23.9 Å². The first-order valence-corrected chi connectivity index (χ1v) is 9.02. The number of hydrogen-bond acceptors (Lipinski definition) is 4. The molecule has 1 heterocycles. The standard InChI is InChI=1S/C17H26N2O3S/c1-17(2,3)22-16(21)18-10-4-7-15(20)19(13-8-9-13)12-14-6-5-11-23-14/h5-6,11,13H,4,7-10,12H2,1-3H3,(H,18,21). The van der Waals surface area contributed by atoms with Crippen molar-refractivity contribution in [2.24, 2.45) is 0 Å². The summed E-state index contributed by atoms with van der Waals surface area (Å²) in [5, 5.41) is 4.73.